The SMILES string of the molecule is Cc1c2ccoc2c(CN=C=O)c2ccoc12. The molecule has 0 unspecified atom stereocenters. The van der Waals surface area contributed by atoms with E-state index >= 15 is 0 Å². The number of furan rings is 2. The van der Waals surface area contributed by atoms with Crippen LogP contribution in [0.25, 0.3) is 21.9 Å². The highest BCUT2D eigenvalue weighted by molar-refractivity contribution is 6.01. The highest BCUT2D eigenvalue weighted by atomic mass is 16.3. The van der Waals surface area contributed by atoms with Gasteiger partial charge in [-0.3, -0.25) is 0 Å². The quantitative estimate of drug-likeness (QED) is 0.498. The Bertz CT molecular complexity index is 693. The summed E-state index contributed by atoms with van der Waals surface area (Å²) in [5.41, 5.74) is 3.47. The number of hydrogen-bond acceptors (Lipinski definition) is 4. The number of nitrogens with zero attached hydrogens (tertiary/aromatic N) is 1. The van der Waals surface area contributed by atoms with Crippen LogP contribution in [0.2, 0.25) is 0 Å². The number of aliphatic imine (C=N–C) groups is 1. The summed E-state index contributed by atoms with van der Waals surface area (Å²) in [5, 5.41) is 1.92. The molecule has 2 heterocycles. The van der Waals surface area contributed by atoms with Gasteiger partial charge in [0.05, 0.1) is 19.1 Å². The van der Waals surface area contributed by atoms with Crippen molar-refractivity contribution in [3.05, 3.63) is 35.8 Å². The second kappa shape index (κ2) is 3.61. The van der Waals surface area contributed by atoms with Crippen LogP contribution in [-0.4, -0.2) is 6.08 Å². The molecule has 0 amide bonds. The first-order valence-electron chi connectivity index (χ1n) is 5.22. The molecular formula is C13H9NO3. The normalized spacial score (nSPS) is 10.9. The summed E-state index contributed by atoms with van der Waals surface area (Å²) in [6, 6.07) is 3.75. The summed E-state index contributed by atoms with van der Waals surface area (Å²) in [7, 11) is 0. The lowest BCUT2D eigenvalue weighted by Crippen LogP contribution is -1.87. The Morgan fingerprint density at radius 1 is 1.18 bits per heavy atom. The molecular weight excluding hydrogens is 218 g/mol. The first kappa shape index (κ1) is 9.87. The molecule has 17 heavy (non-hydrogen) atoms. The second-order valence-electron chi connectivity index (χ2n) is 3.84. The topological polar surface area (TPSA) is 55.7 Å². The minimum Gasteiger partial charge on any atom is -0.464 e. The van der Waals surface area contributed by atoms with Crippen molar-refractivity contribution in [3.63, 3.8) is 0 Å². The van der Waals surface area contributed by atoms with Crippen LogP contribution >= 0.6 is 0 Å². The average molecular weight is 227 g/mol. The Kier molecular flexibility index (Phi) is 2.10. The van der Waals surface area contributed by atoms with E-state index in [9.17, 15) is 4.79 Å². The fourth-order valence-corrected chi connectivity index (χ4v) is 2.19. The fraction of sp³-hybridized carbons (Fsp3) is 0.154. The van der Waals surface area contributed by atoms with Crippen LogP contribution in [0.4, 0.5) is 0 Å². The van der Waals surface area contributed by atoms with Gasteiger partial charge < -0.3 is 8.83 Å². The van der Waals surface area contributed by atoms with Crippen LogP contribution in [0, 0.1) is 6.92 Å². The lowest BCUT2D eigenvalue weighted by Gasteiger charge is -2.03. The van der Waals surface area contributed by atoms with Gasteiger partial charge in [0, 0.05) is 21.9 Å². The second-order valence-corrected chi connectivity index (χ2v) is 3.84. The van der Waals surface area contributed by atoms with Crippen molar-refractivity contribution in [1.82, 2.24) is 0 Å². The maximum absolute atomic E-state index is 10.2. The number of aryl methyl sites for hydroxylation is 1. The summed E-state index contributed by atoms with van der Waals surface area (Å²) in [6.45, 7) is 2.24. The van der Waals surface area contributed by atoms with Gasteiger partial charge in [-0.25, -0.2) is 9.79 Å². The van der Waals surface area contributed by atoms with Crippen molar-refractivity contribution in [1.29, 1.82) is 0 Å². The van der Waals surface area contributed by atoms with E-state index in [-0.39, 0.29) is 6.54 Å². The smallest absolute Gasteiger partial charge is 0.235 e. The van der Waals surface area contributed by atoms with E-state index in [4.69, 9.17) is 8.83 Å². The number of hydrogen-bond donors (Lipinski definition) is 0. The van der Waals surface area contributed by atoms with Crippen molar-refractivity contribution < 1.29 is 13.6 Å². The van der Waals surface area contributed by atoms with Crippen molar-refractivity contribution in [2.24, 2.45) is 4.99 Å². The monoisotopic (exact) mass is 227 g/mol. The molecule has 0 spiro atoms. The van der Waals surface area contributed by atoms with E-state index in [1.807, 2.05) is 19.1 Å². The van der Waals surface area contributed by atoms with Gasteiger partial charge in [0.25, 0.3) is 0 Å². The zero-order valence-electron chi connectivity index (χ0n) is 9.19. The molecule has 4 nitrogen and oxygen atoms in total. The van der Waals surface area contributed by atoms with Crippen LogP contribution in [0.15, 0.2) is 38.5 Å². The Morgan fingerprint density at radius 2 is 1.88 bits per heavy atom. The van der Waals surface area contributed by atoms with Crippen molar-refractivity contribution in [2.75, 3.05) is 0 Å². The predicted octanol–water partition coefficient (Wildman–Crippen LogP) is 3.32. The maximum Gasteiger partial charge on any atom is 0.235 e. The lowest BCUT2D eigenvalue weighted by molar-refractivity contribution is 0.562. The molecule has 0 aliphatic carbocycles. The molecule has 2 aromatic heterocycles. The number of benzene rings is 1. The standard InChI is InChI=1S/C13H9NO3/c1-8-9-2-4-17-13(9)11(6-14-7-15)10-3-5-16-12(8)10/h2-5H,6H2,1H3. The van der Waals surface area contributed by atoms with Crippen LogP contribution in [0.5, 0.6) is 0 Å². The molecule has 0 atom stereocenters. The van der Waals surface area contributed by atoms with Crippen LogP contribution in [-0.2, 0) is 11.3 Å². The minimum absolute atomic E-state index is 0.254. The molecule has 0 saturated heterocycles. The molecule has 84 valence electrons. The Balaban J connectivity index is 2.47. The van der Waals surface area contributed by atoms with Gasteiger partial charge in [0.1, 0.15) is 11.2 Å². The predicted molar refractivity (Wildman–Crippen MR) is 62.5 cm³/mol. The lowest BCUT2D eigenvalue weighted by atomic mass is 10.0. The third-order valence-electron chi connectivity index (χ3n) is 2.98. The first-order chi connectivity index (χ1) is 8.33. The molecule has 0 aliphatic heterocycles. The first-order valence-corrected chi connectivity index (χ1v) is 5.22. The molecule has 0 fully saturated rings. The maximum atomic E-state index is 10.2. The molecule has 3 aromatic rings. The molecule has 0 radical (unpaired) electrons. The summed E-state index contributed by atoms with van der Waals surface area (Å²) < 4.78 is 10.9. The molecule has 3 rings (SSSR count). The van der Waals surface area contributed by atoms with E-state index in [1.165, 1.54) is 0 Å². The number of isocyanates is 1. The number of rotatable bonds is 2. The molecule has 0 aliphatic rings. The zero-order valence-corrected chi connectivity index (χ0v) is 9.19. The Morgan fingerprint density at radius 3 is 2.65 bits per heavy atom. The van der Waals surface area contributed by atoms with Crippen molar-refractivity contribution in [3.8, 4) is 0 Å². The van der Waals surface area contributed by atoms with Gasteiger partial charge in [0.15, 0.2) is 0 Å². The van der Waals surface area contributed by atoms with Crippen LogP contribution < -0.4 is 0 Å². The van der Waals surface area contributed by atoms with E-state index in [0.29, 0.717) is 0 Å². The summed E-state index contributed by atoms with van der Waals surface area (Å²) >= 11 is 0. The molecule has 0 bridgehead atoms. The molecule has 1 aromatic carbocycles. The van der Waals surface area contributed by atoms with Gasteiger partial charge in [0.2, 0.25) is 6.08 Å². The van der Waals surface area contributed by atoms with Crippen molar-refractivity contribution in [2.45, 2.75) is 13.5 Å². The number of carbonyl (C=O) groups excluding carboxylic acids is 1. The van der Waals surface area contributed by atoms with E-state index in [2.05, 4.69) is 4.99 Å². The molecule has 0 N–H and O–H groups in total. The Labute approximate surface area is 96.5 Å². The third kappa shape index (κ3) is 1.31. The van der Waals surface area contributed by atoms with Gasteiger partial charge in [-0.15, -0.1) is 0 Å². The summed E-state index contributed by atoms with van der Waals surface area (Å²) in [6.07, 6.45) is 4.81. The van der Waals surface area contributed by atoms with Crippen LogP contribution in [0.1, 0.15) is 11.1 Å². The number of fused-ring (bicyclic) bond motifs is 2. The highest BCUT2D eigenvalue weighted by Crippen LogP contribution is 2.34. The summed E-state index contributed by atoms with van der Waals surface area (Å²) in [4.78, 5) is 13.9. The molecule has 4 heteroatoms. The third-order valence-corrected chi connectivity index (χ3v) is 2.98. The largest absolute Gasteiger partial charge is 0.464 e. The van der Waals surface area contributed by atoms with Gasteiger partial charge >= 0.3 is 0 Å². The van der Waals surface area contributed by atoms with Gasteiger partial charge in [-0.2, -0.15) is 0 Å². The van der Waals surface area contributed by atoms with E-state index in [1.54, 1.807) is 18.6 Å². The van der Waals surface area contributed by atoms with Crippen LogP contribution in [0.3, 0.4) is 0 Å². The fourth-order valence-electron chi connectivity index (χ4n) is 2.19. The Hall–Kier alpha value is -2.32. The zero-order chi connectivity index (χ0) is 11.8. The van der Waals surface area contributed by atoms with Crippen molar-refractivity contribution >= 4 is 28.0 Å². The van der Waals surface area contributed by atoms with E-state index < -0.39 is 0 Å². The minimum atomic E-state index is 0.254. The van der Waals surface area contributed by atoms with E-state index in [0.717, 1.165) is 33.1 Å². The van der Waals surface area contributed by atoms with Gasteiger partial charge in [-0.1, -0.05) is 0 Å². The summed E-state index contributed by atoms with van der Waals surface area (Å²) in [5.74, 6) is 0. The van der Waals surface area contributed by atoms with Gasteiger partial charge in [-0.05, 0) is 19.1 Å². The highest BCUT2D eigenvalue weighted by Gasteiger charge is 2.15. The average Bonchev–Trinajstić information content (AvgIpc) is 2.97. The molecule has 0 saturated carbocycles.